The van der Waals surface area contributed by atoms with Gasteiger partial charge in [0.15, 0.2) is 0 Å². The van der Waals surface area contributed by atoms with E-state index in [9.17, 15) is 0 Å². The van der Waals surface area contributed by atoms with Crippen molar-refractivity contribution in [3.8, 4) is 0 Å². The number of hydrogen-bond donors (Lipinski definition) is 1. The fourth-order valence-electron chi connectivity index (χ4n) is 1.83. The summed E-state index contributed by atoms with van der Waals surface area (Å²) in [7, 11) is 8.54. The van der Waals surface area contributed by atoms with Crippen LogP contribution in [0.2, 0.25) is 0 Å². The molecule has 1 N–H and O–H groups in total. The maximum atomic E-state index is 2.30. The maximum absolute atomic E-state index is 2.30. The summed E-state index contributed by atoms with van der Waals surface area (Å²) in [5.74, 6) is 0. The minimum atomic E-state index is 1.03. The highest BCUT2D eigenvalue weighted by Crippen LogP contribution is 2.07. The predicted octanol–water partition coefficient (Wildman–Crippen LogP) is 0.819. The van der Waals surface area contributed by atoms with Gasteiger partial charge in [0.25, 0.3) is 0 Å². The van der Waals surface area contributed by atoms with Crippen LogP contribution in [0.25, 0.3) is 0 Å². The molecule has 0 aliphatic rings. The number of likely N-dealkylation sites (N-methyl/N-ethyl adjacent to an activating group) is 1. The Morgan fingerprint density at radius 2 is 1.81 bits per heavy atom. The van der Waals surface area contributed by atoms with Gasteiger partial charge in [-0.2, -0.15) is 0 Å². The smallest absolute Gasteiger partial charge is 0.0946 e. The van der Waals surface area contributed by atoms with Gasteiger partial charge in [0.1, 0.15) is 0 Å². The van der Waals surface area contributed by atoms with Crippen molar-refractivity contribution in [2.24, 2.45) is 0 Å². The molecule has 0 heterocycles. The van der Waals surface area contributed by atoms with Gasteiger partial charge in [0, 0.05) is 18.5 Å². The first-order valence-corrected chi connectivity index (χ1v) is 5.76. The number of rotatable bonds is 5. The first-order valence-electron chi connectivity index (χ1n) is 5.76. The minimum Gasteiger partial charge on any atom is -0.314 e. The normalized spacial score (nSPS) is 12.5. The summed E-state index contributed by atoms with van der Waals surface area (Å²) in [6.45, 7) is 1.03. The van der Waals surface area contributed by atoms with Gasteiger partial charge in [-0.3, -0.25) is 0 Å². The standard InChI is InChI=1S/C14H22N2/c1-15(2)11-14(12-16(3)4)10-13-8-6-5-7-9-13/h5-9,11H,10,12H2,1-4H3/p+1/b14-11-. The second-order valence-electron chi connectivity index (χ2n) is 4.78. The molecule has 2 nitrogen and oxygen atoms in total. The molecule has 16 heavy (non-hydrogen) atoms. The molecular formula is C14H23N2+. The number of quaternary nitrogens is 1. The number of benzene rings is 1. The Labute approximate surface area is 99.2 Å². The van der Waals surface area contributed by atoms with Gasteiger partial charge in [-0.05, 0) is 19.7 Å². The highest BCUT2D eigenvalue weighted by molar-refractivity contribution is 5.21. The lowest BCUT2D eigenvalue weighted by molar-refractivity contribution is -0.802. The quantitative estimate of drug-likeness (QED) is 0.770. The maximum Gasteiger partial charge on any atom is 0.0946 e. The van der Waals surface area contributed by atoms with E-state index in [-0.39, 0.29) is 0 Å². The average Bonchev–Trinajstić information content (AvgIpc) is 2.16. The van der Waals surface area contributed by atoms with Crippen LogP contribution in [0.3, 0.4) is 0 Å². The van der Waals surface area contributed by atoms with Gasteiger partial charge in [0.2, 0.25) is 0 Å². The summed E-state index contributed by atoms with van der Waals surface area (Å²) in [6.07, 6.45) is 3.34. The molecular weight excluding hydrogens is 196 g/mol. The van der Waals surface area contributed by atoms with Crippen molar-refractivity contribution >= 4 is 0 Å². The van der Waals surface area contributed by atoms with E-state index >= 15 is 0 Å². The van der Waals surface area contributed by atoms with Crippen molar-refractivity contribution in [2.75, 3.05) is 34.7 Å². The monoisotopic (exact) mass is 219 g/mol. The van der Waals surface area contributed by atoms with Crippen molar-refractivity contribution in [1.29, 1.82) is 0 Å². The average molecular weight is 219 g/mol. The first-order chi connectivity index (χ1) is 7.58. The minimum absolute atomic E-state index is 1.03. The van der Waals surface area contributed by atoms with Crippen LogP contribution >= 0.6 is 0 Å². The zero-order valence-electron chi connectivity index (χ0n) is 10.8. The molecule has 1 aromatic carbocycles. The van der Waals surface area contributed by atoms with E-state index in [0.717, 1.165) is 13.0 Å². The molecule has 0 bridgehead atoms. The van der Waals surface area contributed by atoms with E-state index in [1.54, 1.807) is 0 Å². The topological polar surface area (TPSA) is 7.68 Å². The molecule has 0 spiro atoms. The number of nitrogens with one attached hydrogen (secondary N) is 1. The molecule has 0 amide bonds. The van der Waals surface area contributed by atoms with E-state index in [0.29, 0.717) is 0 Å². The second kappa shape index (κ2) is 6.46. The van der Waals surface area contributed by atoms with Crippen LogP contribution in [0.1, 0.15) is 5.56 Å². The molecule has 0 fully saturated rings. The van der Waals surface area contributed by atoms with Crippen LogP contribution in [-0.4, -0.2) is 39.6 Å². The third-order valence-corrected chi connectivity index (χ3v) is 2.29. The number of nitrogens with zero attached hydrogens (tertiary/aromatic N) is 1. The Kier molecular flexibility index (Phi) is 5.23. The lowest BCUT2D eigenvalue weighted by Gasteiger charge is -2.14. The molecule has 0 aromatic heterocycles. The van der Waals surface area contributed by atoms with Crippen LogP contribution in [0.4, 0.5) is 0 Å². The van der Waals surface area contributed by atoms with Crippen LogP contribution in [-0.2, 0) is 6.42 Å². The van der Waals surface area contributed by atoms with Gasteiger partial charge in [-0.1, -0.05) is 30.3 Å². The summed E-state index contributed by atoms with van der Waals surface area (Å²) in [4.78, 5) is 3.59. The molecule has 0 atom stereocenters. The van der Waals surface area contributed by atoms with Crippen LogP contribution in [0.5, 0.6) is 0 Å². The third kappa shape index (κ3) is 5.10. The van der Waals surface area contributed by atoms with Gasteiger partial charge in [0.05, 0.1) is 20.3 Å². The Balaban J connectivity index is 2.71. The van der Waals surface area contributed by atoms with E-state index in [2.05, 4.69) is 69.6 Å². The second-order valence-corrected chi connectivity index (χ2v) is 4.78. The molecule has 0 saturated carbocycles. The van der Waals surface area contributed by atoms with Gasteiger partial charge >= 0.3 is 0 Å². The lowest BCUT2D eigenvalue weighted by atomic mass is 10.1. The highest BCUT2D eigenvalue weighted by atomic mass is 15.1. The Hall–Kier alpha value is -1.12. The Morgan fingerprint density at radius 1 is 1.19 bits per heavy atom. The zero-order valence-corrected chi connectivity index (χ0v) is 10.8. The molecule has 0 aliphatic carbocycles. The van der Waals surface area contributed by atoms with Crippen LogP contribution < -0.4 is 4.90 Å². The molecule has 0 unspecified atom stereocenters. The predicted molar refractivity (Wildman–Crippen MR) is 69.6 cm³/mol. The zero-order chi connectivity index (χ0) is 12.0. The Morgan fingerprint density at radius 3 is 2.31 bits per heavy atom. The van der Waals surface area contributed by atoms with Crippen molar-refractivity contribution in [1.82, 2.24) is 4.90 Å². The largest absolute Gasteiger partial charge is 0.314 e. The third-order valence-electron chi connectivity index (χ3n) is 2.29. The highest BCUT2D eigenvalue weighted by Gasteiger charge is 2.04. The van der Waals surface area contributed by atoms with E-state index in [1.807, 2.05) is 0 Å². The van der Waals surface area contributed by atoms with Gasteiger partial charge in [-0.15, -0.1) is 0 Å². The lowest BCUT2D eigenvalue weighted by Crippen LogP contribution is -3.00. The van der Waals surface area contributed by atoms with Crippen molar-refractivity contribution in [3.05, 3.63) is 47.7 Å². The molecule has 88 valence electrons. The summed E-state index contributed by atoms with van der Waals surface area (Å²) in [5.41, 5.74) is 2.85. The molecule has 1 rings (SSSR count). The fraction of sp³-hybridized carbons (Fsp3) is 0.429. The van der Waals surface area contributed by atoms with Crippen molar-refractivity contribution in [2.45, 2.75) is 6.42 Å². The van der Waals surface area contributed by atoms with E-state index in [4.69, 9.17) is 0 Å². The fourth-order valence-corrected chi connectivity index (χ4v) is 1.83. The summed E-state index contributed by atoms with van der Waals surface area (Å²) >= 11 is 0. The molecule has 1 aromatic rings. The first kappa shape index (κ1) is 12.9. The van der Waals surface area contributed by atoms with Gasteiger partial charge < -0.3 is 9.80 Å². The van der Waals surface area contributed by atoms with Gasteiger partial charge in [-0.25, -0.2) is 0 Å². The SMILES string of the molecule is CN(C)C/C(=C\[NH+](C)C)Cc1ccccc1. The van der Waals surface area contributed by atoms with Crippen molar-refractivity contribution in [3.63, 3.8) is 0 Å². The van der Waals surface area contributed by atoms with Crippen molar-refractivity contribution < 1.29 is 4.90 Å². The molecule has 0 aliphatic heterocycles. The molecule has 2 heteroatoms. The summed E-state index contributed by atoms with van der Waals surface area (Å²) < 4.78 is 0. The summed E-state index contributed by atoms with van der Waals surface area (Å²) in [5, 5.41) is 0. The van der Waals surface area contributed by atoms with E-state index < -0.39 is 0 Å². The molecule has 0 radical (unpaired) electrons. The van der Waals surface area contributed by atoms with Crippen LogP contribution in [0.15, 0.2) is 42.1 Å². The summed E-state index contributed by atoms with van der Waals surface area (Å²) in [6, 6.07) is 10.6. The molecule has 0 saturated heterocycles. The number of hydrogen-bond acceptors (Lipinski definition) is 1. The van der Waals surface area contributed by atoms with Crippen LogP contribution in [0, 0.1) is 0 Å². The Bertz CT molecular complexity index is 326. The van der Waals surface area contributed by atoms with E-state index in [1.165, 1.54) is 16.0 Å².